The van der Waals surface area contributed by atoms with E-state index in [-0.39, 0.29) is 11.9 Å². The van der Waals surface area contributed by atoms with Gasteiger partial charge in [-0.3, -0.25) is 4.79 Å². The van der Waals surface area contributed by atoms with E-state index in [2.05, 4.69) is 45.1 Å². The van der Waals surface area contributed by atoms with E-state index < -0.39 is 0 Å². The molecule has 4 nitrogen and oxygen atoms in total. The van der Waals surface area contributed by atoms with Gasteiger partial charge in [0.2, 0.25) is 5.91 Å². The van der Waals surface area contributed by atoms with E-state index in [9.17, 15) is 4.79 Å². The van der Waals surface area contributed by atoms with Crippen molar-refractivity contribution in [2.45, 2.75) is 19.0 Å². The molecule has 0 fully saturated rings. The molecule has 2 aromatic carbocycles. The number of rotatable bonds is 7. The zero-order chi connectivity index (χ0) is 17.6. The van der Waals surface area contributed by atoms with Crippen LogP contribution in [-0.4, -0.2) is 36.0 Å². The summed E-state index contributed by atoms with van der Waals surface area (Å²) in [5.74, 6) is 0.0839. The first-order valence-corrected chi connectivity index (χ1v) is 8.67. The lowest BCUT2D eigenvalue weighted by atomic mass is 10.1. The summed E-state index contributed by atoms with van der Waals surface area (Å²) in [6.45, 7) is 1.31. The van der Waals surface area contributed by atoms with Gasteiger partial charge in [0.25, 0.3) is 0 Å². The summed E-state index contributed by atoms with van der Waals surface area (Å²) in [6, 6.07) is 20.8. The van der Waals surface area contributed by atoms with Gasteiger partial charge in [0, 0.05) is 31.2 Å². The molecule has 1 N–H and O–H groups in total. The minimum Gasteiger partial charge on any atom is -0.354 e. The number of carbonyl (C=O) groups excluding carboxylic acids is 1. The van der Waals surface area contributed by atoms with Crippen molar-refractivity contribution >= 4 is 16.8 Å². The van der Waals surface area contributed by atoms with Crippen LogP contribution in [-0.2, 0) is 11.3 Å². The topological polar surface area (TPSA) is 37.3 Å². The zero-order valence-corrected chi connectivity index (χ0v) is 14.9. The molecule has 25 heavy (non-hydrogen) atoms. The Morgan fingerprint density at radius 1 is 1.04 bits per heavy atom. The van der Waals surface area contributed by atoms with Crippen molar-refractivity contribution in [3.05, 3.63) is 72.4 Å². The maximum absolute atomic E-state index is 12.3. The SMILES string of the molecule is CN(C)C(CNC(=O)CCn1ccc2ccccc21)c1ccccc1. The Bertz CT molecular complexity index is 823. The highest BCUT2D eigenvalue weighted by Crippen LogP contribution is 2.17. The largest absolute Gasteiger partial charge is 0.354 e. The summed E-state index contributed by atoms with van der Waals surface area (Å²) in [4.78, 5) is 14.4. The van der Waals surface area contributed by atoms with Crippen LogP contribution in [0.3, 0.4) is 0 Å². The Labute approximate surface area is 149 Å². The van der Waals surface area contributed by atoms with Gasteiger partial charge in [0.1, 0.15) is 0 Å². The summed E-state index contributed by atoms with van der Waals surface area (Å²) in [6.07, 6.45) is 2.53. The number of aryl methyl sites for hydroxylation is 1. The van der Waals surface area contributed by atoms with Crippen molar-refractivity contribution in [1.82, 2.24) is 14.8 Å². The van der Waals surface area contributed by atoms with Crippen LogP contribution in [0.4, 0.5) is 0 Å². The number of aromatic nitrogens is 1. The second-order valence-corrected chi connectivity index (χ2v) is 6.51. The first-order chi connectivity index (χ1) is 12.1. The van der Waals surface area contributed by atoms with Gasteiger partial charge in [-0.2, -0.15) is 0 Å². The third kappa shape index (κ3) is 4.28. The second kappa shape index (κ2) is 7.99. The fourth-order valence-corrected chi connectivity index (χ4v) is 3.13. The van der Waals surface area contributed by atoms with E-state index >= 15 is 0 Å². The molecular formula is C21H25N3O. The van der Waals surface area contributed by atoms with Gasteiger partial charge in [0.05, 0.1) is 6.04 Å². The number of hydrogen-bond donors (Lipinski definition) is 1. The number of fused-ring (bicyclic) bond motifs is 1. The Morgan fingerprint density at radius 2 is 1.76 bits per heavy atom. The van der Waals surface area contributed by atoms with Crippen molar-refractivity contribution in [3.8, 4) is 0 Å². The van der Waals surface area contributed by atoms with E-state index in [1.807, 2.05) is 50.6 Å². The van der Waals surface area contributed by atoms with E-state index in [1.54, 1.807) is 0 Å². The van der Waals surface area contributed by atoms with Gasteiger partial charge in [-0.05, 0) is 37.2 Å². The average Bonchev–Trinajstić information content (AvgIpc) is 3.04. The van der Waals surface area contributed by atoms with Crippen LogP contribution in [0.1, 0.15) is 18.0 Å². The van der Waals surface area contributed by atoms with Crippen molar-refractivity contribution in [3.63, 3.8) is 0 Å². The van der Waals surface area contributed by atoms with Crippen molar-refractivity contribution in [2.75, 3.05) is 20.6 Å². The first-order valence-electron chi connectivity index (χ1n) is 8.67. The third-order valence-corrected chi connectivity index (χ3v) is 4.56. The molecule has 1 unspecified atom stereocenters. The Balaban J connectivity index is 1.55. The number of carbonyl (C=O) groups is 1. The average molecular weight is 335 g/mol. The standard InChI is InChI=1S/C21H25N3O/c1-23(2)20(17-8-4-3-5-9-17)16-22-21(25)13-15-24-14-12-18-10-6-7-11-19(18)24/h3-12,14,20H,13,15-16H2,1-2H3,(H,22,25). The molecule has 3 aromatic rings. The van der Waals surface area contributed by atoms with Crippen LogP contribution < -0.4 is 5.32 Å². The minimum absolute atomic E-state index is 0.0839. The summed E-state index contributed by atoms with van der Waals surface area (Å²) in [5.41, 5.74) is 2.38. The lowest BCUT2D eigenvalue weighted by Gasteiger charge is -2.25. The zero-order valence-electron chi connectivity index (χ0n) is 14.9. The predicted molar refractivity (Wildman–Crippen MR) is 102 cm³/mol. The Kier molecular flexibility index (Phi) is 5.51. The summed E-state index contributed by atoms with van der Waals surface area (Å²) < 4.78 is 2.13. The molecule has 0 aliphatic heterocycles. The molecule has 3 rings (SSSR count). The van der Waals surface area contributed by atoms with Gasteiger partial charge in [-0.25, -0.2) is 0 Å². The molecule has 1 aromatic heterocycles. The molecule has 0 bridgehead atoms. The molecule has 0 aliphatic rings. The van der Waals surface area contributed by atoms with Crippen LogP contribution in [0, 0.1) is 0 Å². The highest BCUT2D eigenvalue weighted by molar-refractivity contribution is 5.80. The first kappa shape index (κ1) is 17.2. The molecule has 130 valence electrons. The number of para-hydroxylation sites is 1. The van der Waals surface area contributed by atoms with Crippen LogP contribution >= 0.6 is 0 Å². The molecule has 0 aliphatic carbocycles. The molecule has 0 saturated carbocycles. The molecule has 1 heterocycles. The highest BCUT2D eigenvalue weighted by Gasteiger charge is 2.15. The van der Waals surface area contributed by atoms with Gasteiger partial charge in [0.15, 0.2) is 0 Å². The van der Waals surface area contributed by atoms with Crippen molar-refractivity contribution in [1.29, 1.82) is 0 Å². The lowest BCUT2D eigenvalue weighted by Crippen LogP contribution is -2.34. The number of likely N-dealkylation sites (N-methyl/N-ethyl adjacent to an activating group) is 1. The summed E-state index contributed by atoms with van der Waals surface area (Å²) in [5, 5.41) is 4.29. The smallest absolute Gasteiger partial charge is 0.221 e. The molecule has 0 spiro atoms. The monoisotopic (exact) mass is 335 g/mol. The molecule has 4 heteroatoms. The van der Waals surface area contributed by atoms with Crippen LogP contribution in [0.2, 0.25) is 0 Å². The van der Waals surface area contributed by atoms with Gasteiger partial charge >= 0.3 is 0 Å². The fourth-order valence-electron chi connectivity index (χ4n) is 3.13. The minimum atomic E-state index is 0.0839. The predicted octanol–water partition coefficient (Wildman–Crippen LogP) is 3.45. The molecule has 1 atom stereocenters. The number of nitrogens with zero attached hydrogens (tertiary/aromatic N) is 2. The molecule has 0 saturated heterocycles. The summed E-state index contributed by atoms with van der Waals surface area (Å²) >= 11 is 0. The number of benzene rings is 2. The fraction of sp³-hybridized carbons (Fsp3) is 0.286. The Morgan fingerprint density at radius 3 is 2.52 bits per heavy atom. The Hall–Kier alpha value is -2.59. The number of amides is 1. The molecule has 0 radical (unpaired) electrons. The van der Waals surface area contributed by atoms with E-state index in [0.717, 1.165) is 0 Å². The molecular weight excluding hydrogens is 310 g/mol. The van der Waals surface area contributed by atoms with E-state index in [4.69, 9.17) is 0 Å². The highest BCUT2D eigenvalue weighted by atomic mass is 16.1. The van der Waals surface area contributed by atoms with Gasteiger partial charge in [-0.15, -0.1) is 0 Å². The second-order valence-electron chi connectivity index (χ2n) is 6.51. The van der Waals surface area contributed by atoms with Gasteiger partial charge < -0.3 is 14.8 Å². The quantitative estimate of drug-likeness (QED) is 0.718. The lowest BCUT2D eigenvalue weighted by molar-refractivity contribution is -0.121. The van der Waals surface area contributed by atoms with Gasteiger partial charge in [-0.1, -0.05) is 48.5 Å². The van der Waals surface area contributed by atoms with Crippen LogP contribution in [0.15, 0.2) is 66.9 Å². The van der Waals surface area contributed by atoms with Crippen molar-refractivity contribution in [2.24, 2.45) is 0 Å². The molecule has 1 amide bonds. The number of hydrogen-bond acceptors (Lipinski definition) is 2. The maximum Gasteiger partial charge on any atom is 0.221 e. The summed E-state index contributed by atoms with van der Waals surface area (Å²) in [7, 11) is 4.07. The van der Waals surface area contributed by atoms with Crippen LogP contribution in [0.25, 0.3) is 10.9 Å². The normalized spacial score (nSPS) is 12.4. The van der Waals surface area contributed by atoms with Crippen LogP contribution in [0.5, 0.6) is 0 Å². The van der Waals surface area contributed by atoms with Crippen molar-refractivity contribution < 1.29 is 4.79 Å². The number of nitrogens with one attached hydrogen (secondary N) is 1. The third-order valence-electron chi connectivity index (χ3n) is 4.56. The maximum atomic E-state index is 12.3. The van der Waals surface area contributed by atoms with E-state index in [1.165, 1.54) is 16.5 Å². The van der Waals surface area contributed by atoms with E-state index in [0.29, 0.717) is 19.5 Å².